The summed E-state index contributed by atoms with van der Waals surface area (Å²) in [7, 11) is 0. The Morgan fingerprint density at radius 3 is 2.74 bits per heavy atom. The molecule has 4 rings (SSSR count). The Hall–Kier alpha value is -3.15. The smallest absolute Gasteiger partial charge is 0.224 e. The van der Waals surface area contributed by atoms with Gasteiger partial charge in [-0.25, -0.2) is 9.97 Å². The lowest BCUT2D eigenvalue weighted by molar-refractivity contribution is -0.116. The number of hydrogen-bond donors (Lipinski definition) is 2. The molecule has 0 aliphatic heterocycles. The molecular weight excluding hydrogens is 342 g/mol. The molecule has 0 radical (unpaired) electrons. The number of nitrogens with zero attached hydrogens (tertiary/aromatic N) is 2. The van der Waals surface area contributed by atoms with E-state index in [0.717, 1.165) is 11.5 Å². The van der Waals surface area contributed by atoms with Gasteiger partial charge in [0.1, 0.15) is 17.3 Å². The predicted octanol–water partition coefficient (Wildman–Crippen LogP) is 4.14. The van der Waals surface area contributed by atoms with E-state index in [4.69, 9.17) is 4.42 Å². The second kappa shape index (κ2) is 7.23. The van der Waals surface area contributed by atoms with Crippen molar-refractivity contribution >= 4 is 11.6 Å². The van der Waals surface area contributed by atoms with Crippen molar-refractivity contribution in [2.45, 2.75) is 32.1 Å². The van der Waals surface area contributed by atoms with Crippen molar-refractivity contribution in [3.63, 3.8) is 0 Å². The third-order valence-electron chi connectivity index (χ3n) is 4.80. The Labute approximate surface area is 157 Å². The number of furan rings is 1. The highest BCUT2D eigenvalue weighted by molar-refractivity contribution is 5.90. The normalized spacial score (nSPS) is 18.3. The summed E-state index contributed by atoms with van der Waals surface area (Å²) in [5.41, 5.74) is 1.25. The van der Waals surface area contributed by atoms with E-state index in [-0.39, 0.29) is 11.7 Å². The summed E-state index contributed by atoms with van der Waals surface area (Å²) in [6.07, 6.45) is 5.20. The van der Waals surface area contributed by atoms with Crippen molar-refractivity contribution in [2.24, 2.45) is 5.92 Å². The van der Waals surface area contributed by atoms with E-state index in [1.54, 1.807) is 30.6 Å². The molecule has 2 atom stereocenters. The Bertz CT molecular complexity index is 949. The summed E-state index contributed by atoms with van der Waals surface area (Å²) < 4.78 is 5.83. The first kappa shape index (κ1) is 17.3. The van der Waals surface area contributed by atoms with Crippen molar-refractivity contribution in [1.29, 1.82) is 0 Å². The summed E-state index contributed by atoms with van der Waals surface area (Å²) in [5.74, 6) is 3.67. The van der Waals surface area contributed by atoms with Crippen LogP contribution in [0.5, 0.6) is 5.75 Å². The molecule has 2 heterocycles. The maximum atomic E-state index is 12.1. The molecule has 1 fully saturated rings. The second-order valence-electron chi connectivity index (χ2n) is 7.02. The topological polar surface area (TPSA) is 88.2 Å². The van der Waals surface area contributed by atoms with Gasteiger partial charge in [-0.15, -0.1) is 0 Å². The third kappa shape index (κ3) is 4.16. The molecule has 1 aliphatic rings. The van der Waals surface area contributed by atoms with Gasteiger partial charge in [0, 0.05) is 24.3 Å². The number of carbonyl (C=O) groups excluding carboxylic acids is 1. The first-order valence-corrected chi connectivity index (χ1v) is 9.08. The molecule has 0 bridgehead atoms. The standard InChI is InChI=1S/C21H21N3O3/c1-13-9-18(13)19-7-5-17(27-19)6-8-20(26)24-15-11-22-21(23-12-15)14-3-2-4-16(25)10-14/h2-5,7,10-13,18,25H,6,8-9H2,1H3,(H,24,26). The molecule has 0 spiro atoms. The SMILES string of the molecule is CC1CC1c1ccc(CCC(=O)Nc2cnc(-c3cccc(O)c3)nc2)o1. The van der Waals surface area contributed by atoms with Crippen LogP contribution >= 0.6 is 0 Å². The number of aryl methyl sites for hydroxylation is 1. The number of phenolic OH excluding ortho intramolecular Hbond substituents is 1. The van der Waals surface area contributed by atoms with E-state index in [0.29, 0.717) is 41.8 Å². The van der Waals surface area contributed by atoms with Gasteiger partial charge in [0.25, 0.3) is 0 Å². The lowest BCUT2D eigenvalue weighted by Crippen LogP contribution is -2.12. The van der Waals surface area contributed by atoms with Crippen LogP contribution in [0.25, 0.3) is 11.4 Å². The summed E-state index contributed by atoms with van der Waals surface area (Å²) in [5, 5.41) is 12.3. The Morgan fingerprint density at radius 2 is 2.04 bits per heavy atom. The van der Waals surface area contributed by atoms with E-state index in [9.17, 15) is 9.90 Å². The summed E-state index contributed by atoms with van der Waals surface area (Å²) in [6.45, 7) is 2.22. The van der Waals surface area contributed by atoms with Gasteiger partial charge in [-0.1, -0.05) is 19.1 Å². The van der Waals surface area contributed by atoms with Gasteiger partial charge < -0.3 is 14.8 Å². The maximum absolute atomic E-state index is 12.1. The number of nitrogens with one attached hydrogen (secondary N) is 1. The number of phenols is 1. The molecule has 6 nitrogen and oxygen atoms in total. The van der Waals surface area contributed by atoms with Crippen molar-refractivity contribution < 1.29 is 14.3 Å². The zero-order chi connectivity index (χ0) is 18.8. The average molecular weight is 363 g/mol. The largest absolute Gasteiger partial charge is 0.508 e. The molecule has 27 heavy (non-hydrogen) atoms. The molecule has 1 amide bonds. The second-order valence-corrected chi connectivity index (χ2v) is 7.02. The fourth-order valence-corrected chi connectivity index (χ4v) is 3.09. The maximum Gasteiger partial charge on any atom is 0.224 e. The van der Waals surface area contributed by atoms with Gasteiger partial charge in [-0.05, 0) is 36.6 Å². The predicted molar refractivity (Wildman–Crippen MR) is 101 cm³/mol. The Kier molecular flexibility index (Phi) is 4.62. The number of hydrogen-bond acceptors (Lipinski definition) is 5. The fourth-order valence-electron chi connectivity index (χ4n) is 3.09. The monoisotopic (exact) mass is 363 g/mol. The first-order valence-electron chi connectivity index (χ1n) is 9.08. The summed E-state index contributed by atoms with van der Waals surface area (Å²) in [4.78, 5) is 20.6. The third-order valence-corrected chi connectivity index (χ3v) is 4.80. The molecule has 2 aromatic heterocycles. The van der Waals surface area contributed by atoms with Crippen LogP contribution in [-0.4, -0.2) is 21.0 Å². The van der Waals surface area contributed by atoms with Gasteiger partial charge in [0.05, 0.1) is 18.1 Å². The quantitative estimate of drug-likeness (QED) is 0.687. The summed E-state index contributed by atoms with van der Waals surface area (Å²) >= 11 is 0. The van der Waals surface area contributed by atoms with E-state index >= 15 is 0 Å². The van der Waals surface area contributed by atoms with E-state index < -0.39 is 0 Å². The molecular formula is C21H21N3O3. The van der Waals surface area contributed by atoms with E-state index in [1.165, 1.54) is 6.42 Å². The highest BCUT2D eigenvalue weighted by Crippen LogP contribution is 2.47. The Balaban J connectivity index is 1.31. The number of rotatable bonds is 6. The van der Waals surface area contributed by atoms with Crippen LogP contribution < -0.4 is 5.32 Å². The van der Waals surface area contributed by atoms with Gasteiger partial charge in [0.15, 0.2) is 5.82 Å². The van der Waals surface area contributed by atoms with E-state index in [1.807, 2.05) is 18.2 Å². The minimum Gasteiger partial charge on any atom is -0.508 e. The highest BCUT2D eigenvalue weighted by Gasteiger charge is 2.36. The number of amides is 1. The number of aromatic nitrogens is 2. The molecule has 0 saturated heterocycles. The number of aromatic hydroxyl groups is 1. The molecule has 6 heteroatoms. The molecule has 138 valence electrons. The molecule has 2 unspecified atom stereocenters. The molecule has 1 aromatic carbocycles. The average Bonchev–Trinajstić information content (AvgIpc) is 3.21. The lowest BCUT2D eigenvalue weighted by Gasteiger charge is -2.05. The lowest BCUT2D eigenvalue weighted by atomic mass is 10.2. The summed E-state index contributed by atoms with van der Waals surface area (Å²) in [6, 6.07) is 10.7. The minimum atomic E-state index is -0.110. The van der Waals surface area contributed by atoms with Crippen LogP contribution in [0.15, 0.2) is 53.2 Å². The number of anilines is 1. The van der Waals surface area contributed by atoms with Gasteiger partial charge in [0.2, 0.25) is 5.91 Å². The number of benzene rings is 1. The number of carbonyl (C=O) groups is 1. The van der Waals surface area contributed by atoms with Crippen LogP contribution in [0, 0.1) is 5.92 Å². The molecule has 1 aliphatic carbocycles. The van der Waals surface area contributed by atoms with Crippen molar-refractivity contribution in [3.05, 3.63) is 60.3 Å². The van der Waals surface area contributed by atoms with Crippen molar-refractivity contribution in [3.8, 4) is 17.1 Å². The zero-order valence-corrected chi connectivity index (χ0v) is 15.1. The Morgan fingerprint density at radius 1 is 1.26 bits per heavy atom. The van der Waals surface area contributed by atoms with Crippen LogP contribution in [-0.2, 0) is 11.2 Å². The van der Waals surface area contributed by atoms with Gasteiger partial charge >= 0.3 is 0 Å². The molecule has 1 saturated carbocycles. The van der Waals surface area contributed by atoms with E-state index in [2.05, 4.69) is 22.2 Å². The van der Waals surface area contributed by atoms with Crippen molar-refractivity contribution in [1.82, 2.24) is 9.97 Å². The molecule has 3 aromatic rings. The highest BCUT2D eigenvalue weighted by atomic mass is 16.3. The first-order chi connectivity index (χ1) is 13.1. The van der Waals surface area contributed by atoms with Crippen LogP contribution in [0.4, 0.5) is 5.69 Å². The zero-order valence-electron chi connectivity index (χ0n) is 15.1. The van der Waals surface area contributed by atoms with Crippen LogP contribution in [0.3, 0.4) is 0 Å². The minimum absolute atomic E-state index is 0.110. The fraction of sp³-hybridized carbons (Fsp3) is 0.286. The molecule has 2 N–H and O–H groups in total. The van der Waals surface area contributed by atoms with Crippen LogP contribution in [0.2, 0.25) is 0 Å². The van der Waals surface area contributed by atoms with Crippen molar-refractivity contribution in [2.75, 3.05) is 5.32 Å². The van der Waals surface area contributed by atoms with Gasteiger partial charge in [-0.3, -0.25) is 4.79 Å². The van der Waals surface area contributed by atoms with Crippen LogP contribution in [0.1, 0.15) is 37.2 Å². The van der Waals surface area contributed by atoms with Gasteiger partial charge in [-0.2, -0.15) is 0 Å².